The molecule has 1 fully saturated rings. The van der Waals surface area contributed by atoms with Gasteiger partial charge in [-0.1, -0.05) is 26.8 Å². The van der Waals surface area contributed by atoms with Gasteiger partial charge in [-0.05, 0) is 61.8 Å². The standard InChI is InChI=1S/C24H41N3O6/c1-13-14-15(25-19(30)32-22(5,6)7)16(28)26-17(21(2,3)4)27(24(11,12)18(26)29)20(31)33-23(8,9)10/h13,15,17H,1,14H2,2-12H3,(H,25,30)/t15-,17-/m1/s1. The minimum absolute atomic E-state index is 0.0750. The van der Waals surface area contributed by atoms with Gasteiger partial charge in [0.15, 0.2) is 0 Å². The summed E-state index contributed by atoms with van der Waals surface area (Å²) >= 11 is 0. The molecule has 0 unspecified atom stereocenters. The predicted molar refractivity (Wildman–Crippen MR) is 125 cm³/mol. The van der Waals surface area contributed by atoms with Crippen LogP contribution in [0.5, 0.6) is 0 Å². The van der Waals surface area contributed by atoms with Gasteiger partial charge < -0.3 is 14.8 Å². The molecule has 0 radical (unpaired) electrons. The zero-order valence-corrected chi connectivity index (χ0v) is 22.0. The molecule has 4 amide bonds. The van der Waals surface area contributed by atoms with Crippen molar-refractivity contribution in [3.8, 4) is 0 Å². The average molecular weight is 468 g/mol. The molecule has 1 aliphatic rings. The first-order valence-electron chi connectivity index (χ1n) is 11.1. The van der Waals surface area contributed by atoms with Gasteiger partial charge in [-0.3, -0.25) is 19.4 Å². The number of hydrogen-bond donors (Lipinski definition) is 1. The second kappa shape index (κ2) is 9.35. The van der Waals surface area contributed by atoms with Gasteiger partial charge >= 0.3 is 12.2 Å². The lowest BCUT2D eigenvalue weighted by Gasteiger charge is -2.41. The molecule has 0 aromatic carbocycles. The van der Waals surface area contributed by atoms with Crippen LogP contribution in [0.1, 0.15) is 82.6 Å². The summed E-state index contributed by atoms with van der Waals surface area (Å²) in [6, 6.07) is -1.10. The second-order valence-electron chi connectivity index (χ2n) is 11.9. The summed E-state index contributed by atoms with van der Waals surface area (Å²) < 4.78 is 10.9. The summed E-state index contributed by atoms with van der Waals surface area (Å²) in [4.78, 5) is 55.1. The van der Waals surface area contributed by atoms with Crippen molar-refractivity contribution in [3.05, 3.63) is 12.7 Å². The molecule has 1 saturated heterocycles. The van der Waals surface area contributed by atoms with Crippen LogP contribution in [-0.4, -0.2) is 62.7 Å². The van der Waals surface area contributed by atoms with Crippen LogP contribution in [-0.2, 0) is 19.1 Å². The molecule has 0 spiro atoms. The number of imide groups is 1. The van der Waals surface area contributed by atoms with Gasteiger partial charge in [0.2, 0.25) is 0 Å². The number of carbonyl (C=O) groups excluding carboxylic acids is 4. The molecule has 2 atom stereocenters. The Balaban J connectivity index is 3.45. The van der Waals surface area contributed by atoms with Gasteiger partial charge in [-0.15, -0.1) is 6.58 Å². The molecule has 0 aromatic heterocycles. The molecule has 1 aliphatic heterocycles. The zero-order chi connectivity index (χ0) is 26.2. The maximum Gasteiger partial charge on any atom is 0.412 e. The van der Waals surface area contributed by atoms with E-state index in [0.717, 1.165) is 4.90 Å². The monoisotopic (exact) mass is 467 g/mol. The van der Waals surface area contributed by atoms with Gasteiger partial charge in [0.05, 0.1) is 0 Å². The summed E-state index contributed by atoms with van der Waals surface area (Å²) in [5, 5.41) is 2.54. The van der Waals surface area contributed by atoms with E-state index in [1.165, 1.54) is 11.0 Å². The molecule has 9 heteroatoms. The van der Waals surface area contributed by atoms with Crippen molar-refractivity contribution in [2.45, 2.75) is 112 Å². The van der Waals surface area contributed by atoms with Crippen LogP contribution in [0.2, 0.25) is 0 Å². The highest BCUT2D eigenvalue weighted by molar-refractivity contribution is 6.06. The van der Waals surface area contributed by atoms with E-state index < -0.39 is 58.4 Å². The van der Waals surface area contributed by atoms with E-state index in [4.69, 9.17) is 9.47 Å². The minimum atomic E-state index is -1.35. The maximum absolute atomic E-state index is 13.7. The average Bonchev–Trinajstić information content (AvgIpc) is 2.77. The highest BCUT2D eigenvalue weighted by Crippen LogP contribution is 2.41. The Kier molecular flexibility index (Phi) is 8.06. The van der Waals surface area contributed by atoms with Crippen molar-refractivity contribution in [2.24, 2.45) is 5.41 Å². The fourth-order valence-corrected chi connectivity index (χ4v) is 3.57. The van der Waals surface area contributed by atoms with Crippen LogP contribution in [0.3, 0.4) is 0 Å². The SMILES string of the molecule is C=CC[C@@H](NC(=O)OC(C)(C)C)C(=O)N1C(=O)C(C)(C)N(C(=O)OC(C)(C)C)[C@@H]1C(C)(C)C. The molecule has 1 N–H and O–H groups in total. The number of carbonyl (C=O) groups is 4. The van der Waals surface area contributed by atoms with Crippen LogP contribution >= 0.6 is 0 Å². The van der Waals surface area contributed by atoms with Crippen molar-refractivity contribution in [1.29, 1.82) is 0 Å². The van der Waals surface area contributed by atoms with Crippen molar-refractivity contribution in [2.75, 3.05) is 0 Å². The summed E-state index contributed by atoms with van der Waals surface area (Å²) in [6.07, 6.45) is -0.869. The lowest BCUT2D eigenvalue weighted by atomic mass is 9.90. The van der Waals surface area contributed by atoms with Crippen molar-refractivity contribution < 1.29 is 28.7 Å². The quantitative estimate of drug-likeness (QED) is 0.621. The summed E-state index contributed by atoms with van der Waals surface area (Å²) in [5.41, 5.74) is -3.61. The third kappa shape index (κ3) is 6.95. The first kappa shape index (κ1) is 28.5. The van der Waals surface area contributed by atoms with E-state index in [1.807, 2.05) is 20.8 Å². The van der Waals surface area contributed by atoms with Crippen LogP contribution in [0.15, 0.2) is 12.7 Å². The molecule has 0 saturated carbocycles. The van der Waals surface area contributed by atoms with Crippen LogP contribution in [0.4, 0.5) is 9.59 Å². The fourth-order valence-electron chi connectivity index (χ4n) is 3.57. The van der Waals surface area contributed by atoms with Gasteiger partial charge in [0.1, 0.15) is 28.9 Å². The normalized spacial score (nSPS) is 19.7. The third-order valence-electron chi connectivity index (χ3n) is 4.83. The molecule has 188 valence electrons. The van der Waals surface area contributed by atoms with E-state index in [9.17, 15) is 19.2 Å². The zero-order valence-electron chi connectivity index (χ0n) is 22.0. The van der Waals surface area contributed by atoms with E-state index in [2.05, 4.69) is 11.9 Å². The molecule has 1 heterocycles. The van der Waals surface area contributed by atoms with E-state index >= 15 is 0 Å². The number of hydrogen-bond acceptors (Lipinski definition) is 6. The Morgan fingerprint density at radius 3 is 1.91 bits per heavy atom. The predicted octanol–water partition coefficient (Wildman–Crippen LogP) is 4.21. The summed E-state index contributed by atoms with van der Waals surface area (Å²) in [7, 11) is 0. The largest absolute Gasteiger partial charge is 0.444 e. The van der Waals surface area contributed by atoms with Crippen LogP contribution in [0.25, 0.3) is 0 Å². The summed E-state index contributed by atoms with van der Waals surface area (Å²) in [5.74, 6) is -1.21. The smallest absolute Gasteiger partial charge is 0.412 e. The molecular formula is C24H41N3O6. The Labute approximate surface area is 197 Å². The molecular weight excluding hydrogens is 426 g/mol. The Bertz CT molecular complexity index is 798. The highest BCUT2D eigenvalue weighted by atomic mass is 16.6. The van der Waals surface area contributed by atoms with Crippen LogP contribution in [0, 0.1) is 5.41 Å². The number of alkyl carbamates (subject to hydrolysis) is 1. The Morgan fingerprint density at radius 2 is 1.52 bits per heavy atom. The number of amides is 4. The molecule has 1 rings (SSSR count). The second-order valence-corrected chi connectivity index (χ2v) is 11.9. The lowest BCUT2D eigenvalue weighted by molar-refractivity contribution is -0.149. The van der Waals surface area contributed by atoms with Gasteiger partial charge in [0.25, 0.3) is 11.8 Å². The third-order valence-corrected chi connectivity index (χ3v) is 4.83. The highest BCUT2D eigenvalue weighted by Gasteiger charge is 2.61. The van der Waals surface area contributed by atoms with E-state index in [-0.39, 0.29) is 6.42 Å². The number of nitrogens with one attached hydrogen (secondary N) is 1. The molecule has 0 aromatic rings. The number of rotatable bonds is 4. The molecule has 9 nitrogen and oxygen atoms in total. The fraction of sp³-hybridized carbons (Fsp3) is 0.750. The van der Waals surface area contributed by atoms with E-state index in [0.29, 0.717) is 0 Å². The molecule has 0 bridgehead atoms. The Hall–Kier alpha value is -2.58. The first-order valence-corrected chi connectivity index (χ1v) is 11.1. The Morgan fingerprint density at radius 1 is 1.03 bits per heavy atom. The minimum Gasteiger partial charge on any atom is -0.444 e. The lowest BCUT2D eigenvalue weighted by Crippen LogP contribution is -2.58. The van der Waals surface area contributed by atoms with Crippen molar-refractivity contribution >= 4 is 24.0 Å². The first-order chi connectivity index (χ1) is 14.6. The summed E-state index contributed by atoms with van der Waals surface area (Å²) in [6.45, 7) is 22.6. The van der Waals surface area contributed by atoms with E-state index in [1.54, 1.807) is 55.4 Å². The topological polar surface area (TPSA) is 105 Å². The number of ether oxygens (including phenoxy) is 2. The number of nitrogens with zero attached hydrogens (tertiary/aromatic N) is 2. The molecule has 0 aliphatic carbocycles. The van der Waals surface area contributed by atoms with Gasteiger partial charge in [-0.2, -0.15) is 0 Å². The molecule has 33 heavy (non-hydrogen) atoms. The van der Waals surface area contributed by atoms with Crippen molar-refractivity contribution in [3.63, 3.8) is 0 Å². The van der Waals surface area contributed by atoms with Crippen LogP contribution < -0.4 is 5.32 Å². The van der Waals surface area contributed by atoms with Crippen molar-refractivity contribution in [1.82, 2.24) is 15.1 Å². The van der Waals surface area contributed by atoms with Gasteiger partial charge in [-0.25, -0.2) is 9.59 Å². The maximum atomic E-state index is 13.7. The van der Waals surface area contributed by atoms with Gasteiger partial charge in [0, 0.05) is 5.41 Å².